The van der Waals surface area contributed by atoms with E-state index >= 15 is 0 Å². The van der Waals surface area contributed by atoms with Crippen LogP contribution < -0.4 is 27.4 Å². The number of nitrogen functional groups attached to an aromatic ring is 2. The molecule has 0 saturated heterocycles. The number of benzene rings is 7. The van der Waals surface area contributed by atoms with Crippen LogP contribution in [0.15, 0.2) is 218 Å². The molecule has 0 fully saturated rings. The lowest BCUT2D eigenvalue weighted by Gasteiger charge is -2.13. The van der Waals surface area contributed by atoms with E-state index in [-0.39, 0.29) is 55.5 Å². The van der Waals surface area contributed by atoms with Gasteiger partial charge >= 0.3 is 35.6 Å². The predicted octanol–water partition coefficient (Wildman–Crippen LogP) is 20.6. The molecule has 36 heteroatoms. The summed E-state index contributed by atoms with van der Waals surface area (Å²) >= 11 is 16.4. The molecule has 14 aromatic rings. The van der Waals surface area contributed by atoms with Gasteiger partial charge in [-0.25, -0.2) is 34.9 Å². The van der Waals surface area contributed by atoms with E-state index in [4.69, 9.17) is 46.3 Å². The van der Waals surface area contributed by atoms with Gasteiger partial charge in [-0.05, 0) is 179 Å². The maximum absolute atomic E-state index is 12.8. The van der Waals surface area contributed by atoms with Gasteiger partial charge < -0.3 is 32.4 Å². The summed E-state index contributed by atoms with van der Waals surface area (Å²) in [5, 5.41) is 40.7. The molecule has 7 aromatic heterocycles. The average Bonchev–Trinajstić information content (AvgIpc) is 1.62. The first-order chi connectivity index (χ1) is 51.1. The first-order valence-corrected chi connectivity index (χ1v) is 32.4. The van der Waals surface area contributed by atoms with Crippen molar-refractivity contribution in [2.45, 2.75) is 46.2 Å². The molecule has 0 aliphatic carbocycles. The van der Waals surface area contributed by atoms with Crippen molar-refractivity contribution in [3.8, 4) is 11.6 Å². The van der Waals surface area contributed by atoms with Crippen molar-refractivity contribution in [3.63, 3.8) is 0 Å². The summed E-state index contributed by atoms with van der Waals surface area (Å²) in [5.74, 6) is 3.49. The number of nitrogens with one attached hydrogen (secondary N) is 4. The van der Waals surface area contributed by atoms with E-state index in [9.17, 15) is 69.9 Å². The second-order valence-electron chi connectivity index (χ2n) is 22.7. The number of nitro groups is 3. The zero-order valence-electron chi connectivity index (χ0n) is 56.3. The van der Waals surface area contributed by atoms with Gasteiger partial charge in [-0.2, -0.15) is 39.5 Å². The number of aryl methyl sites for hydroxylation is 4. The summed E-state index contributed by atoms with van der Waals surface area (Å²) in [6, 6.07) is 54.9. The number of fused-ring (bicyclic) bond motifs is 3. The van der Waals surface area contributed by atoms with Gasteiger partial charge in [-0.1, -0.05) is 88.9 Å². The minimum atomic E-state index is -4.47. The van der Waals surface area contributed by atoms with Gasteiger partial charge in [0.15, 0.2) is 5.82 Å². The maximum Gasteiger partial charge on any atom is 0.416 e. The Morgan fingerprint density at radius 3 is 1.19 bits per heavy atom. The van der Waals surface area contributed by atoms with Crippen molar-refractivity contribution in [1.82, 2.24) is 49.0 Å². The molecular weight excluding hydrogens is 1490 g/mol. The predicted molar refractivity (Wildman–Crippen MR) is 396 cm³/mol. The Morgan fingerprint density at radius 2 is 0.769 bits per heavy atom. The molecule has 0 spiro atoms. The second kappa shape index (κ2) is 34.3. The summed E-state index contributed by atoms with van der Waals surface area (Å²) in [6.45, 7) is 7.66. The van der Waals surface area contributed by atoms with Crippen molar-refractivity contribution in [3.05, 3.63) is 304 Å². The third kappa shape index (κ3) is 20.9. The van der Waals surface area contributed by atoms with E-state index in [0.717, 1.165) is 105 Å². The number of anilines is 8. The molecule has 14 rings (SSSR count). The molecule has 7 aromatic carbocycles. The van der Waals surface area contributed by atoms with Gasteiger partial charge in [0.05, 0.1) is 70.2 Å². The molecule has 24 nitrogen and oxygen atoms in total. The van der Waals surface area contributed by atoms with E-state index in [1.165, 1.54) is 60.2 Å². The summed E-state index contributed by atoms with van der Waals surface area (Å²) in [4.78, 5) is 63.1. The number of aromatic nitrogens is 10. The lowest BCUT2D eigenvalue weighted by molar-refractivity contribution is -0.385. The Kier molecular flexibility index (Phi) is 25.1. The monoisotopic (exact) mass is 1540 g/mol. The van der Waals surface area contributed by atoms with E-state index in [2.05, 4.69) is 55.8 Å². The summed E-state index contributed by atoms with van der Waals surface area (Å²) in [6.07, 6.45) is -13.3. The molecule has 0 bridgehead atoms. The largest absolute Gasteiger partial charge is 0.416 e. The summed E-state index contributed by atoms with van der Waals surface area (Å²) < 4.78 is 117. The highest BCUT2D eigenvalue weighted by molar-refractivity contribution is 6.33. The number of aromatic amines is 1. The molecule has 0 radical (unpaired) electrons. The van der Waals surface area contributed by atoms with Gasteiger partial charge in [0.1, 0.15) is 39.4 Å². The number of H-pyrrole nitrogens is 1. The fourth-order valence-corrected chi connectivity index (χ4v) is 10.4. The molecule has 8 N–H and O–H groups in total. The van der Waals surface area contributed by atoms with Crippen LogP contribution >= 0.6 is 34.8 Å². The van der Waals surface area contributed by atoms with Crippen molar-refractivity contribution in [1.29, 1.82) is 0 Å². The highest BCUT2D eigenvalue weighted by Crippen LogP contribution is 2.36. The van der Waals surface area contributed by atoms with Crippen molar-refractivity contribution in [2.24, 2.45) is 0 Å². The molecule has 0 aliphatic heterocycles. The number of nitrogens with zero attached hydrogens (tertiary/aromatic N) is 12. The van der Waals surface area contributed by atoms with Crippen molar-refractivity contribution >= 4 is 131 Å². The van der Waals surface area contributed by atoms with Crippen LogP contribution in [-0.2, 0) is 18.5 Å². The topological polar surface area (TPSA) is 333 Å². The molecule has 7 heterocycles. The standard InChI is InChI=1S/C20H14F3N5O2.C20H16F3N5.C12H7ClF3N3O2.C8H8N2.C7H9N.C5H2Cl2N2O2/c1-12-24-15-4-2-3-5-16(15)27(12)18-11-10-17(28(29)30)19(26-18)25-14-8-6-13(7-9-14)20(21,22)23;1-12-25-16-4-2-3-5-17(16)28(12)18-11-10-15(24)19(27-18)26-14-8-6-13(7-9-14)20(21,22)23;13-10-6-5-9(19(20)21)11(18-10)17-8-3-1-7(2-4-8)12(14,15)16;1-6-9-7-4-2-3-5-8(7)10-6;1-6-2-4-7(8)5-3-6;6-4-2-1-3(9(10)11)5(7)8-4/h2-11H,1H3,(H,25,26);2-11H,24H2,1H3,(H,26,27);1-6H,(H,17,18);2-5H,1H3,(H,9,10);2-5H,8H2,1H3;1-2H. The molecule has 0 aliphatic rings. The number of pyridine rings is 4. The molecule has 0 amide bonds. The fraction of sp³-hybridized carbons (Fsp3) is 0.0972. The van der Waals surface area contributed by atoms with E-state index in [0.29, 0.717) is 34.7 Å². The van der Waals surface area contributed by atoms with Gasteiger partial charge in [-0.3, -0.25) is 39.5 Å². The summed E-state index contributed by atoms with van der Waals surface area (Å²) in [5.41, 5.74) is 17.0. The maximum atomic E-state index is 12.8. The Labute approximate surface area is 620 Å². The number of nitrogens with two attached hydrogens (primary N) is 2. The number of hydrogen-bond acceptors (Lipinski definition) is 18. The number of alkyl halides is 9. The van der Waals surface area contributed by atoms with Gasteiger partial charge in [0.25, 0.3) is 0 Å². The minimum Gasteiger partial charge on any atom is -0.399 e. The Hall–Kier alpha value is -13.0. The van der Waals surface area contributed by atoms with Crippen LogP contribution in [0.2, 0.25) is 15.5 Å². The van der Waals surface area contributed by atoms with Crippen LogP contribution in [0.1, 0.15) is 39.7 Å². The van der Waals surface area contributed by atoms with Crippen LogP contribution in [0, 0.1) is 58.0 Å². The minimum absolute atomic E-state index is 0.0232. The highest BCUT2D eigenvalue weighted by atomic mass is 35.5. The van der Waals surface area contributed by atoms with Gasteiger partial charge in [0, 0.05) is 40.9 Å². The molecule has 0 atom stereocenters. The Bertz CT molecular complexity index is 5470. The highest BCUT2D eigenvalue weighted by Gasteiger charge is 2.32. The normalized spacial score (nSPS) is 11.1. The Balaban J connectivity index is 0.000000159. The number of rotatable bonds is 11. The zero-order chi connectivity index (χ0) is 78.4. The van der Waals surface area contributed by atoms with Gasteiger partial charge in [-0.15, -0.1) is 0 Å². The van der Waals surface area contributed by atoms with Crippen molar-refractivity contribution in [2.75, 3.05) is 27.4 Å². The number of imidazole rings is 3. The van der Waals surface area contributed by atoms with Crippen molar-refractivity contribution < 1.29 is 54.3 Å². The fourth-order valence-electron chi connectivity index (χ4n) is 9.85. The quantitative estimate of drug-likeness (QED) is 0.0230. The second-order valence-corrected chi connectivity index (χ2v) is 23.8. The van der Waals surface area contributed by atoms with Crippen LogP contribution in [0.25, 0.3) is 44.7 Å². The van der Waals surface area contributed by atoms with Crippen LogP contribution in [0.3, 0.4) is 0 Å². The van der Waals surface area contributed by atoms with Crippen LogP contribution in [0.5, 0.6) is 0 Å². The summed E-state index contributed by atoms with van der Waals surface area (Å²) in [7, 11) is 0. The van der Waals surface area contributed by atoms with E-state index in [1.54, 1.807) is 23.6 Å². The first kappa shape index (κ1) is 79.1. The third-order valence-electron chi connectivity index (χ3n) is 14.9. The molecular formula is C72H56Cl3F9N18O6. The molecule has 108 heavy (non-hydrogen) atoms. The first-order valence-electron chi connectivity index (χ1n) is 31.2. The molecule has 0 unspecified atom stereocenters. The lowest BCUT2D eigenvalue weighted by atomic mass is 10.2. The van der Waals surface area contributed by atoms with Crippen LogP contribution in [-0.4, -0.2) is 63.8 Å². The zero-order valence-corrected chi connectivity index (χ0v) is 58.6. The SMILES string of the molecule is Cc1ccc(N)cc1.Cc1nc2ccccc2[nH]1.Cc1nc2ccccc2n1-c1ccc(N)c(Nc2ccc(C(F)(F)F)cc2)n1.Cc1nc2ccccc2n1-c1ccc([N+](=O)[O-])c(Nc2ccc(C(F)(F)F)cc2)n1.O=[N+]([O-])c1ccc(Cl)nc1Cl.O=[N+]([O-])c1ccc(Cl)nc1Nc1ccc(C(F)(F)F)cc1. The van der Waals surface area contributed by atoms with E-state index in [1.807, 2.05) is 122 Å². The lowest BCUT2D eigenvalue weighted by Crippen LogP contribution is -2.06. The van der Waals surface area contributed by atoms with Crippen LogP contribution in [0.4, 0.5) is 102 Å². The number of halogens is 12. The Morgan fingerprint density at radius 1 is 0.398 bits per heavy atom. The number of para-hydroxylation sites is 6. The number of hydrogen-bond donors (Lipinski definition) is 6. The van der Waals surface area contributed by atoms with E-state index < -0.39 is 50.0 Å². The molecule has 0 saturated carbocycles. The van der Waals surface area contributed by atoms with Gasteiger partial charge in [0.2, 0.25) is 16.8 Å². The molecule has 554 valence electrons. The third-order valence-corrected chi connectivity index (χ3v) is 15.6. The average molecular weight is 1550 g/mol. The smallest absolute Gasteiger partial charge is 0.399 e.